The number of rotatable bonds is 7. The average Bonchev–Trinajstić information content (AvgIpc) is 2.56. The summed E-state index contributed by atoms with van der Waals surface area (Å²) in [5.41, 5.74) is 2.18. The highest BCUT2D eigenvalue weighted by Crippen LogP contribution is 2.34. The first-order chi connectivity index (χ1) is 10.7. The van der Waals surface area contributed by atoms with E-state index in [1.54, 1.807) is 21.3 Å². The fraction of sp³-hybridized carbons (Fsp3) is 0.294. The molecular weight excluding hydrogens is 302 g/mol. The van der Waals surface area contributed by atoms with Crippen LogP contribution in [0.4, 0.5) is 0 Å². The summed E-state index contributed by atoms with van der Waals surface area (Å²) in [6, 6.07) is 11.5. The minimum atomic E-state index is 0.654. The molecule has 0 aliphatic rings. The standard InChI is InChI=1S/C17H20ClNO3/c1-20-15-9-17(22-3)16(21-2)8-13(15)11-19-10-12-4-6-14(18)7-5-12/h4-9,19H,10-11H2,1-3H3. The van der Waals surface area contributed by atoms with Crippen molar-refractivity contribution in [2.24, 2.45) is 0 Å². The lowest BCUT2D eigenvalue weighted by atomic mass is 10.1. The third kappa shape index (κ3) is 4.06. The summed E-state index contributed by atoms with van der Waals surface area (Å²) < 4.78 is 16.0. The Morgan fingerprint density at radius 3 is 2.00 bits per heavy atom. The molecule has 0 aliphatic heterocycles. The van der Waals surface area contributed by atoms with Gasteiger partial charge in [-0.3, -0.25) is 0 Å². The molecule has 0 amide bonds. The van der Waals surface area contributed by atoms with Gasteiger partial charge in [0.25, 0.3) is 0 Å². The normalized spacial score (nSPS) is 10.4. The average molecular weight is 322 g/mol. The maximum atomic E-state index is 5.88. The van der Waals surface area contributed by atoms with Gasteiger partial charge in [0.05, 0.1) is 21.3 Å². The predicted molar refractivity (Wildman–Crippen MR) is 88.1 cm³/mol. The lowest BCUT2D eigenvalue weighted by Gasteiger charge is -2.14. The van der Waals surface area contributed by atoms with Gasteiger partial charge in [0.2, 0.25) is 0 Å². The molecule has 118 valence electrons. The van der Waals surface area contributed by atoms with Gasteiger partial charge in [-0.05, 0) is 23.8 Å². The van der Waals surface area contributed by atoms with E-state index < -0.39 is 0 Å². The number of ether oxygens (including phenoxy) is 3. The highest BCUT2D eigenvalue weighted by molar-refractivity contribution is 6.30. The molecule has 2 rings (SSSR count). The molecule has 0 spiro atoms. The summed E-state index contributed by atoms with van der Waals surface area (Å²) >= 11 is 5.88. The van der Waals surface area contributed by atoms with Gasteiger partial charge in [-0.15, -0.1) is 0 Å². The van der Waals surface area contributed by atoms with Crippen LogP contribution in [0.1, 0.15) is 11.1 Å². The van der Waals surface area contributed by atoms with Gasteiger partial charge in [0.1, 0.15) is 5.75 Å². The molecule has 0 unspecified atom stereocenters. The largest absolute Gasteiger partial charge is 0.496 e. The molecule has 22 heavy (non-hydrogen) atoms. The van der Waals surface area contributed by atoms with E-state index in [0.29, 0.717) is 18.0 Å². The summed E-state index contributed by atoms with van der Waals surface area (Å²) in [5.74, 6) is 2.11. The molecule has 0 saturated carbocycles. The van der Waals surface area contributed by atoms with E-state index in [1.807, 2.05) is 36.4 Å². The van der Waals surface area contributed by atoms with Gasteiger partial charge >= 0.3 is 0 Å². The van der Waals surface area contributed by atoms with E-state index in [2.05, 4.69) is 5.32 Å². The Labute approximate surface area is 136 Å². The van der Waals surface area contributed by atoms with Crippen LogP contribution in [0.25, 0.3) is 0 Å². The third-order valence-electron chi connectivity index (χ3n) is 3.34. The van der Waals surface area contributed by atoms with Crippen LogP contribution in [0, 0.1) is 0 Å². The molecule has 0 aliphatic carbocycles. The van der Waals surface area contributed by atoms with Crippen LogP contribution in [-0.4, -0.2) is 21.3 Å². The van der Waals surface area contributed by atoms with E-state index in [-0.39, 0.29) is 0 Å². The number of hydrogen-bond donors (Lipinski definition) is 1. The van der Waals surface area contributed by atoms with Crippen molar-refractivity contribution in [1.29, 1.82) is 0 Å². The van der Waals surface area contributed by atoms with Crippen molar-refractivity contribution in [2.75, 3.05) is 21.3 Å². The quantitative estimate of drug-likeness (QED) is 0.845. The first kappa shape index (κ1) is 16.5. The van der Waals surface area contributed by atoms with Crippen LogP contribution in [0.2, 0.25) is 5.02 Å². The first-order valence-electron chi connectivity index (χ1n) is 6.92. The fourth-order valence-electron chi connectivity index (χ4n) is 2.17. The van der Waals surface area contributed by atoms with Crippen LogP contribution in [-0.2, 0) is 13.1 Å². The first-order valence-corrected chi connectivity index (χ1v) is 7.29. The Bertz CT molecular complexity index is 614. The lowest BCUT2D eigenvalue weighted by molar-refractivity contribution is 0.347. The zero-order valence-corrected chi connectivity index (χ0v) is 13.7. The third-order valence-corrected chi connectivity index (χ3v) is 3.60. The molecule has 5 heteroatoms. The van der Waals surface area contributed by atoms with Crippen molar-refractivity contribution in [3.05, 3.63) is 52.5 Å². The zero-order valence-electron chi connectivity index (χ0n) is 13.0. The number of benzene rings is 2. The van der Waals surface area contributed by atoms with Gasteiger partial charge in [0, 0.05) is 29.7 Å². The summed E-state index contributed by atoms with van der Waals surface area (Å²) in [6.45, 7) is 1.40. The Morgan fingerprint density at radius 2 is 1.41 bits per heavy atom. The SMILES string of the molecule is COc1cc(OC)c(OC)cc1CNCc1ccc(Cl)cc1. The molecule has 2 aromatic carbocycles. The Balaban J connectivity index is 2.06. The van der Waals surface area contributed by atoms with Gasteiger partial charge in [-0.1, -0.05) is 23.7 Å². The van der Waals surface area contributed by atoms with Crippen LogP contribution >= 0.6 is 11.6 Å². The highest BCUT2D eigenvalue weighted by Gasteiger charge is 2.11. The summed E-state index contributed by atoms with van der Waals surface area (Å²) in [4.78, 5) is 0. The molecule has 0 radical (unpaired) electrons. The van der Waals surface area contributed by atoms with E-state index >= 15 is 0 Å². The Morgan fingerprint density at radius 1 is 0.818 bits per heavy atom. The molecule has 0 fully saturated rings. The molecule has 0 aromatic heterocycles. The van der Waals surface area contributed by atoms with E-state index in [1.165, 1.54) is 5.56 Å². The van der Waals surface area contributed by atoms with Gasteiger partial charge in [-0.25, -0.2) is 0 Å². The second kappa shape index (κ2) is 7.92. The predicted octanol–water partition coefficient (Wildman–Crippen LogP) is 3.66. The van der Waals surface area contributed by atoms with Crippen LogP contribution < -0.4 is 19.5 Å². The molecule has 0 heterocycles. The Hall–Kier alpha value is -1.91. The highest BCUT2D eigenvalue weighted by atomic mass is 35.5. The lowest BCUT2D eigenvalue weighted by Crippen LogP contribution is -2.13. The van der Waals surface area contributed by atoms with Gasteiger partial charge in [0.15, 0.2) is 11.5 Å². The second-order valence-corrected chi connectivity index (χ2v) is 5.19. The van der Waals surface area contributed by atoms with Crippen LogP contribution in [0.3, 0.4) is 0 Å². The number of nitrogens with one attached hydrogen (secondary N) is 1. The van der Waals surface area contributed by atoms with Crippen molar-refractivity contribution in [1.82, 2.24) is 5.32 Å². The van der Waals surface area contributed by atoms with Gasteiger partial charge in [-0.2, -0.15) is 0 Å². The maximum Gasteiger partial charge on any atom is 0.164 e. The van der Waals surface area contributed by atoms with Crippen molar-refractivity contribution in [3.63, 3.8) is 0 Å². The summed E-state index contributed by atoms with van der Waals surface area (Å²) in [7, 11) is 4.87. The second-order valence-electron chi connectivity index (χ2n) is 4.75. The molecule has 1 N–H and O–H groups in total. The summed E-state index contributed by atoms with van der Waals surface area (Å²) in [5, 5.41) is 4.12. The van der Waals surface area contributed by atoms with E-state index in [0.717, 1.165) is 22.9 Å². The molecule has 2 aromatic rings. The monoisotopic (exact) mass is 321 g/mol. The van der Waals surface area contributed by atoms with Crippen molar-refractivity contribution < 1.29 is 14.2 Å². The maximum absolute atomic E-state index is 5.88. The number of hydrogen-bond acceptors (Lipinski definition) is 4. The topological polar surface area (TPSA) is 39.7 Å². The molecule has 4 nitrogen and oxygen atoms in total. The van der Waals surface area contributed by atoms with Crippen molar-refractivity contribution in [3.8, 4) is 17.2 Å². The number of methoxy groups -OCH3 is 3. The molecule has 0 bridgehead atoms. The minimum Gasteiger partial charge on any atom is -0.496 e. The molecule has 0 saturated heterocycles. The van der Waals surface area contributed by atoms with Crippen molar-refractivity contribution in [2.45, 2.75) is 13.1 Å². The van der Waals surface area contributed by atoms with Crippen LogP contribution in [0.15, 0.2) is 36.4 Å². The van der Waals surface area contributed by atoms with E-state index in [4.69, 9.17) is 25.8 Å². The fourth-order valence-corrected chi connectivity index (χ4v) is 2.30. The van der Waals surface area contributed by atoms with Crippen LogP contribution in [0.5, 0.6) is 17.2 Å². The minimum absolute atomic E-state index is 0.654. The van der Waals surface area contributed by atoms with Crippen molar-refractivity contribution >= 4 is 11.6 Å². The zero-order chi connectivity index (χ0) is 15.9. The number of halogens is 1. The van der Waals surface area contributed by atoms with Gasteiger partial charge < -0.3 is 19.5 Å². The molecular formula is C17H20ClNO3. The Kier molecular flexibility index (Phi) is 5.92. The smallest absolute Gasteiger partial charge is 0.164 e. The molecule has 0 atom stereocenters. The summed E-state index contributed by atoms with van der Waals surface area (Å²) in [6.07, 6.45) is 0. The van der Waals surface area contributed by atoms with E-state index in [9.17, 15) is 0 Å².